The molecule has 0 saturated carbocycles. The third-order valence-corrected chi connectivity index (χ3v) is 5.97. The maximum Gasteiger partial charge on any atom is 0.292 e. The van der Waals surface area contributed by atoms with E-state index in [0.29, 0.717) is 19.2 Å². The average molecular weight is 315 g/mol. The van der Waals surface area contributed by atoms with Crippen LogP contribution in [0.1, 0.15) is 0 Å². The summed E-state index contributed by atoms with van der Waals surface area (Å²) in [7, 11) is -3.98. The van der Waals surface area contributed by atoms with Crippen LogP contribution < -0.4 is 5.32 Å². The lowest BCUT2D eigenvalue weighted by molar-refractivity contribution is -0.388. The van der Waals surface area contributed by atoms with E-state index in [1.807, 2.05) is 0 Å². The second-order valence-electron chi connectivity index (χ2n) is 5.37. The Bertz CT molecular complexity index is 682. The van der Waals surface area contributed by atoms with Crippen LogP contribution in [-0.2, 0) is 10.0 Å². The number of halogens is 1. The molecule has 7 nitrogen and oxygen atoms in total. The standard InChI is InChI=1S/C12H14FN3O4S/c13-10-1-2-12(11(3-10)16(17)18)21(19,20)15-6-8-4-14-5-9(8)7-15/h1-3,8-9,14H,4-7H2/t8-,9+. The van der Waals surface area contributed by atoms with E-state index in [1.165, 1.54) is 4.31 Å². The highest BCUT2D eigenvalue weighted by Crippen LogP contribution is 2.34. The van der Waals surface area contributed by atoms with Gasteiger partial charge in [-0.25, -0.2) is 12.8 Å². The first-order chi connectivity index (χ1) is 9.89. The molecule has 2 atom stereocenters. The molecule has 0 aliphatic carbocycles. The fourth-order valence-corrected chi connectivity index (χ4v) is 4.69. The van der Waals surface area contributed by atoms with Crippen molar-refractivity contribution in [3.63, 3.8) is 0 Å². The molecule has 0 bridgehead atoms. The maximum absolute atomic E-state index is 13.1. The molecular formula is C12H14FN3O4S. The lowest BCUT2D eigenvalue weighted by Gasteiger charge is -2.17. The van der Waals surface area contributed by atoms with E-state index < -0.39 is 31.3 Å². The molecule has 0 amide bonds. The van der Waals surface area contributed by atoms with Gasteiger partial charge in [-0.1, -0.05) is 0 Å². The predicted octanol–water partition coefficient (Wildman–Crippen LogP) is 0.574. The fraction of sp³-hybridized carbons (Fsp3) is 0.500. The Kier molecular flexibility index (Phi) is 3.42. The van der Waals surface area contributed by atoms with Gasteiger partial charge in [0.15, 0.2) is 4.90 Å². The molecule has 2 saturated heterocycles. The second kappa shape index (κ2) is 5.00. The number of nitrogens with one attached hydrogen (secondary N) is 1. The summed E-state index contributed by atoms with van der Waals surface area (Å²) in [6.07, 6.45) is 0. The molecule has 114 valence electrons. The fourth-order valence-electron chi connectivity index (χ4n) is 3.00. The first kappa shape index (κ1) is 14.4. The van der Waals surface area contributed by atoms with Gasteiger partial charge >= 0.3 is 0 Å². The number of sulfonamides is 1. The Hall–Kier alpha value is -1.58. The zero-order valence-corrected chi connectivity index (χ0v) is 11.8. The average Bonchev–Trinajstić information content (AvgIpc) is 2.98. The summed E-state index contributed by atoms with van der Waals surface area (Å²) in [5.41, 5.74) is -0.717. The van der Waals surface area contributed by atoms with E-state index in [0.717, 1.165) is 25.2 Å². The van der Waals surface area contributed by atoms with Crippen LogP contribution in [0.2, 0.25) is 0 Å². The molecule has 0 spiro atoms. The summed E-state index contributed by atoms with van der Waals surface area (Å²) in [6, 6.07) is 2.54. The van der Waals surface area contributed by atoms with Crippen molar-refractivity contribution >= 4 is 15.7 Å². The summed E-state index contributed by atoms with van der Waals surface area (Å²) in [5, 5.41) is 14.2. The summed E-state index contributed by atoms with van der Waals surface area (Å²) in [4.78, 5) is 9.67. The molecule has 3 rings (SSSR count). The molecule has 0 aromatic heterocycles. The molecule has 0 unspecified atom stereocenters. The number of rotatable bonds is 3. The lowest BCUT2D eigenvalue weighted by atomic mass is 10.0. The van der Waals surface area contributed by atoms with Gasteiger partial charge in [0.1, 0.15) is 5.82 Å². The molecule has 1 aromatic rings. The van der Waals surface area contributed by atoms with Crippen molar-refractivity contribution in [1.82, 2.24) is 9.62 Å². The van der Waals surface area contributed by atoms with Crippen LogP contribution in [0.5, 0.6) is 0 Å². The van der Waals surface area contributed by atoms with E-state index in [4.69, 9.17) is 0 Å². The smallest absolute Gasteiger partial charge is 0.292 e. The van der Waals surface area contributed by atoms with Crippen LogP contribution in [-0.4, -0.2) is 43.8 Å². The Morgan fingerprint density at radius 3 is 2.48 bits per heavy atom. The minimum atomic E-state index is -3.98. The third kappa shape index (κ3) is 2.41. The molecule has 0 radical (unpaired) electrons. The molecular weight excluding hydrogens is 301 g/mol. The van der Waals surface area contributed by atoms with E-state index in [1.54, 1.807) is 0 Å². The highest BCUT2D eigenvalue weighted by Gasteiger charge is 2.43. The SMILES string of the molecule is O=[N+]([O-])c1cc(F)ccc1S(=O)(=O)N1C[C@H]2CNC[C@H]2C1. The molecule has 2 aliphatic heterocycles. The maximum atomic E-state index is 13.1. The van der Waals surface area contributed by atoms with Crippen molar-refractivity contribution < 1.29 is 17.7 Å². The van der Waals surface area contributed by atoms with E-state index in [-0.39, 0.29) is 11.8 Å². The van der Waals surface area contributed by atoms with Crippen LogP contribution in [0.3, 0.4) is 0 Å². The van der Waals surface area contributed by atoms with Crippen molar-refractivity contribution in [2.75, 3.05) is 26.2 Å². The van der Waals surface area contributed by atoms with Gasteiger partial charge in [0, 0.05) is 13.1 Å². The number of hydrogen-bond acceptors (Lipinski definition) is 5. The number of nitrogens with zero attached hydrogens (tertiary/aromatic N) is 2. The van der Waals surface area contributed by atoms with Crippen molar-refractivity contribution in [3.8, 4) is 0 Å². The normalized spacial score (nSPS) is 26.0. The predicted molar refractivity (Wildman–Crippen MR) is 71.7 cm³/mol. The van der Waals surface area contributed by atoms with Crippen LogP contribution in [0, 0.1) is 27.8 Å². The third-order valence-electron chi connectivity index (χ3n) is 4.09. The molecule has 2 fully saturated rings. The van der Waals surface area contributed by atoms with Gasteiger partial charge in [-0.3, -0.25) is 10.1 Å². The number of fused-ring (bicyclic) bond motifs is 1. The molecule has 1 N–H and O–H groups in total. The lowest BCUT2D eigenvalue weighted by Crippen LogP contribution is -2.32. The zero-order chi connectivity index (χ0) is 15.2. The van der Waals surface area contributed by atoms with Gasteiger partial charge in [-0.15, -0.1) is 0 Å². The van der Waals surface area contributed by atoms with Crippen molar-refractivity contribution in [1.29, 1.82) is 0 Å². The van der Waals surface area contributed by atoms with Crippen LogP contribution in [0.15, 0.2) is 23.1 Å². The quantitative estimate of drug-likeness (QED) is 0.650. The molecule has 1 aromatic carbocycles. The number of hydrogen-bond donors (Lipinski definition) is 1. The number of benzene rings is 1. The van der Waals surface area contributed by atoms with Gasteiger partial charge in [0.2, 0.25) is 10.0 Å². The highest BCUT2D eigenvalue weighted by atomic mass is 32.2. The first-order valence-corrected chi connectivity index (χ1v) is 7.98. The van der Waals surface area contributed by atoms with Crippen molar-refractivity contribution in [2.45, 2.75) is 4.90 Å². The van der Waals surface area contributed by atoms with Gasteiger partial charge in [0.05, 0.1) is 11.0 Å². The Balaban J connectivity index is 1.98. The van der Waals surface area contributed by atoms with Crippen LogP contribution in [0.25, 0.3) is 0 Å². The first-order valence-electron chi connectivity index (χ1n) is 6.54. The van der Waals surface area contributed by atoms with E-state index >= 15 is 0 Å². The van der Waals surface area contributed by atoms with Gasteiger partial charge in [-0.05, 0) is 37.1 Å². The van der Waals surface area contributed by atoms with Crippen molar-refractivity contribution in [2.24, 2.45) is 11.8 Å². The minimum absolute atomic E-state index is 0.235. The summed E-state index contributed by atoms with van der Waals surface area (Å²) >= 11 is 0. The number of nitro benzene ring substituents is 1. The topological polar surface area (TPSA) is 92.5 Å². The minimum Gasteiger partial charge on any atom is -0.316 e. The summed E-state index contributed by atoms with van der Waals surface area (Å²) in [6.45, 7) is 2.19. The second-order valence-corrected chi connectivity index (χ2v) is 7.28. The monoisotopic (exact) mass is 315 g/mol. The Morgan fingerprint density at radius 1 is 1.29 bits per heavy atom. The molecule has 21 heavy (non-hydrogen) atoms. The van der Waals surface area contributed by atoms with E-state index in [9.17, 15) is 22.9 Å². The van der Waals surface area contributed by atoms with E-state index in [2.05, 4.69) is 5.32 Å². The van der Waals surface area contributed by atoms with Crippen LogP contribution >= 0.6 is 0 Å². The van der Waals surface area contributed by atoms with Crippen LogP contribution in [0.4, 0.5) is 10.1 Å². The van der Waals surface area contributed by atoms with Gasteiger partial charge in [0.25, 0.3) is 5.69 Å². The Morgan fingerprint density at radius 2 is 1.90 bits per heavy atom. The summed E-state index contributed by atoms with van der Waals surface area (Å²) < 4.78 is 39.6. The zero-order valence-electron chi connectivity index (χ0n) is 11.0. The molecule has 2 aliphatic rings. The van der Waals surface area contributed by atoms with Gasteiger partial charge in [-0.2, -0.15) is 4.31 Å². The largest absolute Gasteiger partial charge is 0.316 e. The Labute approximate surface area is 120 Å². The summed E-state index contributed by atoms with van der Waals surface area (Å²) in [5.74, 6) is -0.360. The molecule has 9 heteroatoms. The van der Waals surface area contributed by atoms with Gasteiger partial charge < -0.3 is 5.32 Å². The number of nitro groups is 1. The molecule has 2 heterocycles. The highest BCUT2D eigenvalue weighted by molar-refractivity contribution is 7.89. The van der Waals surface area contributed by atoms with Crippen molar-refractivity contribution in [3.05, 3.63) is 34.1 Å².